The van der Waals surface area contributed by atoms with Crippen molar-refractivity contribution in [1.29, 1.82) is 0 Å². The van der Waals surface area contributed by atoms with Crippen LogP contribution in [0.15, 0.2) is 0 Å². The number of carboxylic acid groups (broad SMARTS) is 1. The van der Waals surface area contributed by atoms with E-state index in [1.165, 1.54) is 0 Å². The molecule has 0 radical (unpaired) electrons. The van der Waals surface area contributed by atoms with Gasteiger partial charge in [-0.1, -0.05) is 13.8 Å². The molecule has 0 aliphatic carbocycles. The van der Waals surface area contributed by atoms with Crippen LogP contribution < -0.4 is 5.32 Å². The summed E-state index contributed by atoms with van der Waals surface area (Å²) in [6.45, 7) is 7.57. The molecule has 5 nitrogen and oxygen atoms in total. The van der Waals surface area contributed by atoms with Crippen LogP contribution >= 0.6 is 0 Å². The second-order valence-corrected chi connectivity index (χ2v) is 5.10. The lowest BCUT2D eigenvalue weighted by Gasteiger charge is -2.23. The Hall–Kier alpha value is -1.10. The number of aliphatic carboxylic acids is 1. The summed E-state index contributed by atoms with van der Waals surface area (Å²) in [5.74, 6) is -0.790. The first kappa shape index (κ1) is 16.9. The van der Waals surface area contributed by atoms with Gasteiger partial charge < -0.3 is 15.2 Å². The number of nitrogens with one attached hydrogen (secondary N) is 1. The van der Waals surface area contributed by atoms with E-state index in [2.05, 4.69) is 5.32 Å². The standard InChI is InChI=1S/C13H25NO4/c1-4-18-10-6-11(15)14-9-8-13(2,3)7-5-12(16)17/h4-10H2,1-3H3,(H,14,15)(H,16,17). The predicted molar refractivity (Wildman–Crippen MR) is 69.4 cm³/mol. The molecule has 0 rings (SSSR count). The van der Waals surface area contributed by atoms with E-state index in [-0.39, 0.29) is 17.7 Å². The number of carbonyl (C=O) groups is 2. The van der Waals surface area contributed by atoms with Gasteiger partial charge in [-0.3, -0.25) is 9.59 Å². The fraction of sp³-hybridized carbons (Fsp3) is 0.846. The normalized spacial score (nSPS) is 11.3. The summed E-state index contributed by atoms with van der Waals surface area (Å²) in [7, 11) is 0. The molecule has 0 aliphatic heterocycles. The quantitative estimate of drug-likeness (QED) is 0.587. The lowest BCUT2D eigenvalue weighted by molar-refractivity contribution is -0.137. The van der Waals surface area contributed by atoms with E-state index in [0.29, 0.717) is 32.6 Å². The highest BCUT2D eigenvalue weighted by Gasteiger charge is 2.19. The zero-order valence-corrected chi connectivity index (χ0v) is 11.6. The van der Waals surface area contributed by atoms with Crippen LogP contribution in [-0.2, 0) is 14.3 Å². The van der Waals surface area contributed by atoms with Crippen LogP contribution in [0.4, 0.5) is 0 Å². The Morgan fingerprint density at radius 3 is 2.44 bits per heavy atom. The van der Waals surface area contributed by atoms with E-state index < -0.39 is 5.97 Å². The molecular weight excluding hydrogens is 234 g/mol. The number of ether oxygens (including phenoxy) is 1. The van der Waals surface area contributed by atoms with E-state index in [4.69, 9.17) is 9.84 Å². The topological polar surface area (TPSA) is 75.6 Å². The van der Waals surface area contributed by atoms with Gasteiger partial charge in [0.15, 0.2) is 0 Å². The predicted octanol–water partition coefficient (Wildman–Crippen LogP) is 1.81. The van der Waals surface area contributed by atoms with E-state index in [0.717, 1.165) is 6.42 Å². The van der Waals surface area contributed by atoms with Crippen molar-refractivity contribution in [3.63, 3.8) is 0 Å². The molecule has 0 aromatic carbocycles. The number of carboxylic acids is 1. The summed E-state index contributed by atoms with van der Waals surface area (Å²) < 4.78 is 5.09. The molecule has 0 aromatic rings. The molecule has 106 valence electrons. The van der Waals surface area contributed by atoms with Crippen molar-refractivity contribution < 1.29 is 19.4 Å². The summed E-state index contributed by atoms with van der Waals surface area (Å²) in [5.41, 5.74) is -0.0639. The fourth-order valence-corrected chi connectivity index (χ4v) is 1.51. The highest BCUT2D eigenvalue weighted by Crippen LogP contribution is 2.25. The van der Waals surface area contributed by atoms with Gasteiger partial charge in [0.05, 0.1) is 6.61 Å². The third-order valence-electron chi connectivity index (χ3n) is 2.82. The van der Waals surface area contributed by atoms with Crippen molar-refractivity contribution in [3.05, 3.63) is 0 Å². The van der Waals surface area contributed by atoms with E-state index in [1.54, 1.807) is 0 Å². The molecule has 0 spiro atoms. The molecule has 0 bridgehead atoms. The second kappa shape index (κ2) is 8.91. The third-order valence-corrected chi connectivity index (χ3v) is 2.82. The Balaban J connectivity index is 3.68. The summed E-state index contributed by atoms with van der Waals surface area (Å²) in [4.78, 5) is 21.9. The van der Waals surface area contributed by atoms with Gasteiger partial charge in [-0.25, -0.2) is 0 Å². The number of amides is 1. The number of hydrogen-bond donors (Lipinski definition) is 2. The van der Waals surface area contributed by atoms with Gasteiger partial charge in [0.25, 0.3) is 0 Å². The monoisotopic (exact) mass is 259 g/mol. The van der Waals surface area contributed by atoms with Crippen LogP contribution in [0.5, 0.6) is 0 Å². The highest BCUT2D eigenvalue weighted by molar-refractivity contribution is 5.75. The van der Waals surface area contributed by atoms with Crippen molar-refractivity contribution >= 4 is 11.9 Å². The lowest BCUT2D eigenvalue weighted by atomic mass is 9.84. The Labute approximate surface area is 109 Å². The molecule has 0 atom stereocenters. The maximum atomic E-state index is 11.4. The van der Waals surface area contributed by atoms with E-state index >= 15 is 0 Å². The van der Waals surface area contributed by atoms with Crippen LogP contribution in [0.3, 0.4) is 0 Å². The highest BCUT2D eigenvalue weighted by atomic mass is 16.5. The number of rotatable bonds is 10. The maximum Gasteiger partial charge on any atom is 0.303 e. The first-order valence-electron chi connectivity index (χ1n) is 6.43. The Kier molecular flexibility index (Phi) is 8.37. The molecular formula is C13H25NO4. The summed E-state index contributed by atoms with van der Waals surface area (Å²) in [6.07, 6.45) is 1.95. The molecule has 1 amide bonds. The molecule has 5 heteroatoms. The van der Waals surface area contributed by atoms with Crippen molar-refractivity contribution in [3.8, 4) is 0 Å². The van der Waals surface area contributed by atoms with Gasteiger partial charge in [0, 0.05) is 26.0 Å². The molecule has 2 N–H and O–H groups in total. The van der Waals surface area contributed by atoms with Crippen molar-refractivity contribution in [1.82, 2.24) is 5.32 Å². The number of hydrogen-bond acceptors (Lipinski definition) is 3. The largest absolute Gasteiger partial charge is 0.481 e. The SMILES string of the molecule is CCOCCC(=O)NCCC(C)(C)CCC(=O)O. The molecule has 0 heterocycles. The van der Waals surface area contributed by atoms with Crippen LogP contribution in [0.1, 0.15) is 46.5 Å². The van der Waals surface area contributed by atoms with Crippen LogP contribution in [-0.4, -0.2) is 36.7 Å². The van der Waals surface area contributed by atoms with Gasteiger partial charge in [0.2, 0.25) is 5.91 Å². The summed E-state index contributed by atoms with van der Waals surface area (Å²) in [6, 6.07) is 0. The molecule has 0 unspecified atom stereocenters. The molecule has 0 saturated heterocycles. The number of carbonyl (C=O) groups excluding carboxylic acids is 1. The Morgan fingerprint density at radius 1 is 1.22 bits per heavy atom. The first-order valence-corrected chi connectivity index (χ1v) is 6.43. The van der Waals surface area contributed by atoms with E-state index in [1.807, 2.05) is 20.8 Å². The van der Waals surface area contributed by atoms with Crippen molar-refractivity contribution in [2.75, 3.05) is 19.8 Å². The van der Waals surface area contributed by atoms with Gasteiger partial charge in [0.1, 0.15) is 0 Å². The van der Waals surface area contributed by atoms with Gasteiger partial charge >= 0.3 is 5.97 Å². The zero-order valence-electron chi connectivity index (χ0n) is 11.6. The minimum absolute atomic E-state index is 0.0162. The van der Waals surface area contributed by atoms with Gasteiger partial charge in [-0.05, 0) is 25.2 Å². The lowest BCUT2D eigenvalue weighted by Crippen LogP contribution is -2.29. The van der Waals surface area contributed by atoms with Gasteiger partial charge in [-0.2, -0.15) is 0 Å². The molecule has 0 fully saturated rings. The first-order chi connectivity index (χ1) is 8.37. The molecule has 0 aliphatic rings. The third kappa shape index (κ3) is 10.1. The maximum absolute atomic E-state index is 11.4. The molecule has 0 saturated carbocycles. The zero-order chi connectivity index (χ0) is 14.0. The molecule has 0 aromatic heterocycles. The Morgan fingerprint density at radius 2 is 1.89 bits per heavy atom. The summed E-state index contributed by atoms with van der Waals surface area (Å²) in [5, 5.41) is 11.4. The average molecular weight is 259 g/mol. The van der Waals surface area contributed by atoms with Crippen molar-refractivity contribution in [2.24, 2.45) is 5.41 Å². The van der Waals surface area contributed by atoms with Crippen LogP contribution in [0.2, 0.25) is 0 Å². The van der Waals surface area contributed by atoms with Gasteiger partial charge in [-0.15, -0.1) is 0 Å². The van der Waals surface area contributed by atoms with Crippen LogP contribution in [0, 0.1) is 5.41 Å². The smallest absolute Gasteiger partial charge is 0.303 e. The Bertz CT molecular complexity index is 264. The summed E-state index contributed by atoms with van der Waals surface area (Å²) >= 11 is 0. The van der Waals surface area contributed by atoms with Crippen LogP contribution in [0.25, 0.3) is 0 Å². The van der Waals surface area contributed by atoms with Crippen molar-refractivity contribution in [2.45, 2.75) is 46.5 Å². The fourth-order valence-electron chi connectivity index (χ4n) is 1.51. The average Bonchev–Trinajstić information content (AvgIpc) is 2.27. The van der Waals surface area contributed by atoms with E-state index in [9.17, 15) is 9.59 Å². The second-order valence-electron chi connectivity index (χ2n) is 5.10. The molecule has 18 heavy (non-hydrogen) atoms. The minimum Gasteiger partial charge on any atom is -0.481 e. The minimum atomic E-state index is -0.774.